The molecule has 5 heteroatoms. The van der Waals surface area contributed by atoms with Crippen LogP contribution < -0.4 is 0 Å². The van der Waals surface area contributed by atoms with Crippen molar-refractivity contribution in [3.63, 3.8) is 0 Å². The number of piperidine rings is 1. The molecule has 2 atom stereocenters. The molecular weight excluding hydrogens is 248 g/mol. The van der Waals surface area contributed by atoms with Gasteiger partial charge in [0, 0.05) is 24.6 Å². The summed E-state index contributed by atoms with van der Waals surface area (Å²) in [6.07, 6.45) is 3.38. The number of thiazole rings is 1. The second-order valence-corrected chi connectivity index (χ2v) is 5.84. The third-order valence-electron chi connectivity index (χ3n) is 3.47. The Morgan fingerprint density at radius 2 is 2.17 bits per heavy atom. The first kappa shape index (κ1) is 13.5. The SMILES string of the molecule is COCc1nc(C(=O)N2C(C)CCCC2C)cs1. The summed E-state index contributed by atoms with van der Waals surface area (Å²) in [7, 11) is 1.64. The fourth-order valence-corrected chi connectivity index (χ4v) is 3.29. The van der Waals surface area contributed by atoms with Gasteiger partial charge in [0.2, 0.25) is 0 Å². The van der Waals surface area contributed by atoms with E-state index in [4.69, 9.17) is 4.74 Å². The van der Waals surface area contributed by atoms with Crippen molar-refractivity contribution in [2.24, 2.45) is 0 Å². The number of rotatable bonds is 3. The Bertz CT molecular complexity index is 409. The lowest BCUT2D eigenvalue weighted by Crippen LogP contribution is -2.47. The van der Waals surface area contributed by atoms with E-state index in [0.29, 0.717) is 24.4 Å². The number of likely N-dealkylation sites (tertiary alicyclic amines) is 1. The van der Waals surface area contributed by atoms with Crippen molar-refractivity contribution < 1.29 is 9.53 Å². The maximum absolute atomic E-state index is 12.5. The highest BCUT2D eigenvalue weighted by atomic mass is 32.1. The minimum Gasteiger partial charge on any atom is -0.378 e. The molecule has 4 nitrogen and oxygen atoms in total. The lowest BCUT2D eigenvalue weighted by Gasteiger charge is -2.38. The Hall–Kier alpha value is -0.940. The predicted octanol–water partition coefficient (Wildman–Crippen LogP) is 2.69. The third kappa shape index (κ3) is 2.72. The van der Waals surface area contributed by atoms with Gasteiger partial charge in [-0.15, -0.1) is 11.3 Å². The van der Waals surface area contributed by atoms with Gasteiger partial charge in [-0.3, -0.25) is 4.79 Å². The minimum atomic E-state index is 0.0632. The fourth-order valence-electron chi connectivity index (χ4n) is 2.55. The first-order chi connectivity index (χ1) is 8.63. The van der Waals surface area contributed by atoms with Crippen molar-refractivity contribution >= 4 is 17.2 Å². The lowest BCUT2D eigenvalue weighted by atomic mass is 9.97. The maximum Gasteiger partial charge on any atom is 0.273 e. The average Bonchev–Trinajstić information content (AvgIpc) is 2.78. The lowest BCUT2D eigenvalue weighted by molar-refractivity contribution is 0.0505. The fraction of sp³-hybridized carbons (Fsp3) is 0.692. The van der Waals surface area contributed by atoms with Crippen LogP contribution in [-0.4, -0.2) is 35.0 Å². The van der Waals surface area contributed by atoms with E-state index in [-0.39, 0.29) is 5.91 Å². The van der Waals surface area contributed by atoms with E-state index in [1.54, 1.807) is 7.11 Å². The molecule has 1 aliphatic rings. The molecule has 0 bridgehead atoms. The predicted molar refractivity (Wildman–Crippen MR) is 71.8 cm³/mol. The minimum absolute atomic E-state index is 0.0632. The highest BCUT2D eigenvalue weighted by molar-refractivity contribution is 7.09. The van der Waals surface area contributed by atoms with Crippen molar-refractivity contribution in [1.82, 2.24) is 9.88 Å². The van der Waals surface area contributed by atoms with E-state index in [1.807, 2.05) is 10.3 Å². The molecular formula is C13H20N2O2S. The molecule has 1 fully saturated rings. The normalized spacial score (nSPS) is 24.3. The number of nitrogens with zero attached hydrogens (tertiary/aromatic N) is 2. The average molecular weight is 268 g/mol. The van der Waals surface area contributed by atoms with Crippen LogP contribution in [0.25, 0.3) is 0 Å². The Balaban J connectivity index is 2.13. The summed E-state index contributed by atoms with van der Waals surface area (Å²) >= 11 is 1.49. The molecule has 0 spiro atoms. The third-order valence-corrected chi connectivity index (χ3v) is 4.29. The number of methoxy groups -OCH3 is 1. The molecule has 0 aliphatic carbocycles. The Morgan fingerprint density at radius 3 is 2.78 bits per heavy atom. The molecule has 1 aromatic heterocycles. The van der Waals surface area contributed by atoms with Crippen LogP contribution in [0.5, 0.6) is 0 Å². The number of hydrogen-bond acceptors (Lipinski definition) is 4. The molecule has 1 amide bonds. The smallest absolute Gasteiger partial charge is 0.273 e. The second kappa shape index (κ2) is 5.80. The van der Waals surface area contributed by atoms with E-state index in [9.17, 15) is 4.79 Å². The summed E-state index contributed by atoms with van der Waals surface area (Å²) in [6.45, 7) is 4.72. The molecule has 2 heterocycles. The van der Waals surface area contributed by atoms with Crippen LogP contribution in [0.1, 0.15) is 48.6 Å². The summed E-state index contributed by atoms with van der Waals surface area (Å²) in [5.41, 5.74) is 0.563. The highest BCUT2D eigenvalue weighted by Gasteiger charge is 2.30. The van der Waals surface area contributed by atoms with Gasteiger partial charge < -0.3 is 9.64 Å². The molecule has 2 unspecified atom stereocenters. The first-order valence-electron chi connectivity index (χ1n) is 6.39. The molecule has 1 aromatic rings. The van der Waals surface area contributed by atoms with Crippen molar-refractivity contribution in [1.29, 1.82) is 0 Å². The number of aromatic nitrogens is 1. The molecule has 100 valence electrons. The number of carbonyl (C=O) groups is 1. The Morgan fingerprint density at radius 1 is 1.50 bits per heavy atom. The first-order valence-corrected chi connectivity index (χ1v) is 7.27. The summed E-state index contributed by atoms with van der Waals surface area (Å²) in [5.74, 6) is 0.0632. The molecule has 1 aliphatic heterocycles. The van der Waals surface area contributed by atoms with Crippen LogP contribution in [0, 0.1) is 0 Å². The number of ether oxygens (including phenoxy) is 1. The van der Waals surface area contributed by atoms with Crippen LogP contribution in [-0.2, 0) is 11.3 Å². The zero-order valence-corrected chi connectivity index (χ0v) is 12.0. The van der Waals surface area contributed by atoms with Crippen molar-refractivity contribution in [2.75, 3.05) is 7.11 Å². The van der Waals surface area contributed by atoms with Gasteiger partial charge in [0.15, 0.2) is 0 Å². The molecule has 0 aromatic carbocycles. The quantitative estimate of drug-likeness (QED) is 0.846. The highest BCUT2D eigenvalue weighted by Crippen LogP contribution is 2.25. The Labute approximate surface area is 112 Å². The van der Waals surface area contributed by atoms with Gasteiger partial charge in [0.25, 0.3) is 5.91 Å². The van der Waals surface area contributed by atoms with E-state index in [0.717, 1.165) is 17.8 Å². The zero-order valence-electron chi connectivity index (χ0n) is 11.2. The second-order valence-electron chi connectivity index (χ2n) is 4.90. The number of carbonyl (C=O) groups excluding carboxylic acids is 1. The van der Waals surface area contributed by atoms with Crippen LogP contribution in [0.2, 0.25) is 0 Å². The van der Waals surface area contributed by atoms with Crippen molar-refractivity contribution in [2.45, 2.75) is 51.8 Å². The largest absolute Gasteiger partial charge is 0.378 e. The van der Waals surface area contributed by atoms with Crippen molar-refractivity contribution in [3.05, 3.63) is 16.1 Å². The van der Waals surface area contributed by atoms with Crippen LogP contribution in [0.4, 0.5) is 0 Å². The van der Waals surface area contributed by atoms with Gasteiger partial charge in [0.05, 0.1) is 6.61 Å². The van der Waals surface area contributed by atoms with E-state index >= 15 is 0 Å². The molecule has 0 saturated carbocycles. The molecule has 18 heavy (non-hydrogen) atoms. The van der Waals surface area contributed by atoms with E-state index < -0.39 is 0 Å². The Kier molecular flexibility index (Phi) is 4.35. The van der Waals surface area contributed by atoms with Crippen LogP contribution in [0.3, 0.4) is 0 Å². The van der Waals surface area contributed by atoms with Gasteiger partial charge in [-0.2, -0.15) is 0 Å². The van der Waals surface area contributed by atoms with E-state index in [1.165, 1.54) is 17.8 Å². The van der Waals surface area contributed by atoms with Gasteiger partial charge in [-0.25, -0.2) is 4.98 Å². The number of hydrogen-bond donors (Lipinski definition) is 0. The van der Waals surface area contributed by atoms with Gasteiger partial charge in [-0.05, 0) is 33.1 Å². The monoisotopic (exact) mass is 268 g/mol. The van der Waals surface area contributed by atoms with Gasteiger partial charge >= 0.3 is 0 Å². The van der Waals surface area contributed by atoms with Crippen LogP contribution >= 0.6 is 11.3 Å². The van der Waals surface area contributed by atoms with Crippen LogP contribution in [0.15, 0.2) is 5.38 Å². The summed E-state index contributed by atoms with van der Waals surface area (Å²) in [6, 6.07) is 0.627. The molecule has 0 N–H and O–H groups in total. The standard InChI is InChI=1S/C13H20N2O2S/c1-9-5-4-6-10(2)15(9)13(16)11-8-18-12(14-11)7-17-3/h8-10H,4-7H2,1-3H3. The topological polar surface area (TPSA) is 42.4 Å². The summed E-state index contributed by atoms with van der Waals surface area (Å²) in [4.78, 5) is 18.8. The maximum atomic E-state index is 12.5. The molecule has 1 saturated heterocycles. The summed E-state index contributed by atoms with van der Waals surface area (Å²) < 4.78 is 5.03. The van der Waals surface area contributed by atoms with Gasteiger partial charge in [-0.1, -0.05) is 0 Å². The van der Waals surface area contributed by atoms with Gasteiger partial charge in [0.1, 0.15) is 10.7 Å². The van der Waals surface area contributed by atoms with Crippen molar-refractivity contribution in [3.8, 4) is 0 Å². The number of amides is 1. The molecule has 0 radical (unpaired) electrons. The zero-order chi connectivity index (χ0) is 13.1. The summed E-state index contributed by atoms with van der Waals surface area (Å²) in [5, 5.41) is 2.70. The molecule has 2 rings (SSSR count). The van der Waals surface area contributed by atoms with E-state index in [2.05, 4.69) is 18.8 Å².